The lowest BCUT2D eigenvalue weighted by Crippen LogP contribution is -1.97. The van der Waals surface area contributed by atoms with Crippen molar-refractivity contribution in [3.8, 4) is 28.1 Å². The van der Waals surface area contributed by atoms with Crippen molar-refractivity contribution in [2.24, 2.45) is 7.05 Å². The van der Waals surface area contributed by atoms with Gasteiger partial charge >= 0.3 is 0 Å². The molecule has 0 aliphatic rings. The second-order valence-electron chi connectivity index (χ2n) is 4.97. The van der Waals surface area contributed by atoms with E-state index in [1.54, 1.807) is 19.2 Å². The van der Waals surface area contributed by atoms with E-state index in [0.29, 0.717) is 16.4 Å². The van der Waals surface area contributed by atoms with Crippen LogP contribution in [-0.2, 0) is 7.05 Å². The molecule has 0 N–H and O–H groups in total. The van der Waals surface area contributed by atoms with Crippen LogP contribution in [0.5, 0.6) is 5.75 Å². The maximum Gasteiger partial charge on any atom is 0.159 e. The highest BCUT2D eigenvalue weighted by Crippen LogP contribution is 2.40. The molecular formula is C16H11Cl2F2N3O. The van der Waals surface area contributed by atoms with Crippen molar-refractivity contribution in [3.05, 3.63) is 52.4 Å². The summed E-state index contributed by atoms with van der Waals surface area (Å²) in [6.07, 6.45) is 1.48. The summed E-state index contributed by atoms with van der Waals surface area (Å²) in [7, 11) is 2.95. The number of rotatable bonds is 3. The van der Waals surface area contributed by atoms with Crippen LogP contribution in [0.3, 0.4) is 0 Å². The molecule has 0 atom stereocenters. The van der Waals surface area contributed by atoms with Gasteiger partial charge < -0.3 is 4.74 Å². The number of hydrogen-bond donors (Lipinski definition) is 0. The fraction of sp³-hybridized carbons (Fsp3) is 0.125. The quantitative estimate of drug-likeness (QED) is 0.625. The van der Waals surface area contributed by atoms with Crippen LogP contribution in [0.4, 0.5) is 8.78 Å². The molecule has 2 heterocycles. The Bertz CT molecular complexity index is 887. The predicted molar refractivity (Wildman–Crippen MR) is 88.4 cm³/mol. The number of ether oxygens (including phenoxy) is 1. The first-order valence-corrected chi connectivity index (χ1v) is 7.55. The first-order valence-electron chi connectivity index (χ1n) is 6.80. The van der Waals surface area contributed by atoms with Crippen LogP contribution in [0.25, 0.3) is 22.4 Å². The third-order valence-corrected chi connectivity index (χ3v) is 3.99. The average molecular weight is 370 g/mol. The molecule has 2 aromatic heterocycles. The third-order valence-electron chi connectivity index (χ3n) is 3.51. The maximum atomic E-state index is 14.5. The molecule has 0 aliphatic heterocycles. The van der Waals surface area contributed by atoms with Crippen molar-refractivity contribution in [1.82, 2.24) is 14.8 Å². The topological polar surface area (TPSA) is 39.9 Å². The molecule has 0 spiro atoms. The highest BCUT2D eigenvalue weighted by Gasteiger charge is 2.25. The van der Waals surface area contributed by atoms with Gasteiger partial charge in [0, 0.05) is 30.9 Å². The van der Waals surface area contributed by atoms with E-state index in [1.165, 1.54) is 18.0 Å². The second-order valence-corrected chi connectivity index (χ2v) is 5.72. The second kappa shape index (κ2) is 6.37. The molecule has 124 valence electrons. The van der Waals surface area contributed by atoms with E-state index >= 15 is 0 Å². The Balaban J connectivity index is 2.28. The van der Waals surface area contributed by atoms with E-state index in [-0.39, 0.29) is 22.0 Å². The van der Waals surface area contributed by atoms with Gasteiger partial charge in [-0.2, -0.15) is 5.10 Å². The van der Waals surface area contributed by atoms with E-state index in [0.717, 1.165) is 12.1 Å². The van der Waals surface area contributed by atoms with Crippen LogP contribution in [0.1, 0.15) is 0 Å². The van der Waals surface area contributed by atoms with Crippen LogP contribution in [-0.4, -0.2) is 21.9 Å². The molecule has 0 bridgehead atoms. The van der Waals surface area contributed by atoms with Crippen molar-refractivity contribution >= 4 is 23.2 Å². The van der Waals surface area contributed by atoms with Gasteiger partial charge in [-0.25, -0.2) is 13.8 Å². The Labute approximate surface area is 146 Å². The molecule has 0 saturated heterocycles. The van der Waals surface area contributed by atoms with Gasteiger partial charge in [-0.1, -0.05) is 23.2 Å². The molecule has 0 saturated carbocycles. The van der Waals surface area contributed by atoms with Crippen molar-refractivity contribution in [3.63, 3.8) is 0 Å². The molecule has 3 rings (SSSR count). The molecule has 0 radical (unpaired) electrons. The van der Waals surface area contributed by atoms with Crippen LogP contribution in [0.15, 0.2) is 30.5 Å². The zero-order chi connectivity index (χ0) is 17.4. The van der Waals surface area contributed by atoms with E-state index in [4.69, 9.17) is 27.9 Å². The summed E-state index contributed by atoms with van der Waals surface area (Å²) in [4.78, 5) is 3.99. The SMILES string of the molecule is COc1cc(F)c(-c2c(Cl)nn(C)c2-c2ccc(Cl)nc2)c(F)c1. The normalized spacial score (nSPS) is 10.9. The van der Waals surface area contributed by atoms with Crippen molar-refractivity contribution < 1.29 is 13.5 Å². The Morgan fingerprint density at radius 1 is 1.08 bits per heavy atom. The van der Waals surface area contributed by atoms with Gasteiger partial charge in [-0.3, -0.25) is 4.68 Å². The summed E-state index contributed by atoms with van der Waals surface area (Å²) >= 11 is 11.9. The van der Waals surface area contributed by atoms with Gasteiger partial charge in [0.1, 0.15) is 22.5 Å². The molecule has 8 heteroatoms. The van der Waals surface area contributed by atoms with E-state index in [9.17, 15) is 8.78 Å². The summed E-state index contributed by atoms with van der Waals surface area (Å²) in [5.74, 6) is -1.53. The van der Waals surface area contributed by atoms with E-state index in [2.05, 4.69) is 10.1 Å². The molecule has 4 nitrogen and oxygen atoms in total. The molecule has 24 heavy (non-hydrogen) atoms. The number of halogens is 4. The minimum atomic E-state index is -0.801. The number of benzene rings is 1. The highest BCUT2D eigenvalue weighted by molar-refractivity contribution is 6.33. The molecule has 0 aliphatic carbocycles. The minimum Gasteiger partial charge on any atom is -0.497 e. The standard InChI is InChI=1S/C16H11Cl2F2N3O/c1-23-15(8-3-4-12(17)21-7-8)14(16(18)22-23)13-10(19)5-9(24-2)6-11(13)20/h3-7H,1-2H3. The Morgan fingerprint density at radius 3 is 2.29 bits per heavy atom. The van der Waals surface area contributed by atoms with Crippen LogP contribution >= 0.6 is 23.2 Å². The Morgan fingerprint density at radius 2 is 1.75 bits per heavy atom. The lowest BCUT2D eigenvalue weighted by molar-refractivity contribution is 0.407. The van der Waals surface area contributed by atoms with Gasteiger partial charge in [0.05, 0.1) is 23.9 Å². The van der Waals surface area contributed by atoms with Gasteiger partial charge in [0.2, 0.25) is 0 Å². The number of hydrogen-bond acceptors (Lipinski definition) is 3. The zero-order valence-corrected chi connectivity index (χ0v) is 14.2. The summed E-state index contributed by atoms with van der Waals surface area (Å²) in [6, 6.07) is 5.42. The summed E-state index contributed by atoms with van der Waals surface area (Å²) in [5.41, 5.74) is 0.859. The van der Waals surface area contributed by atoms with Crippen molar-refractivity contribution in [2.45, 2.75) is 0 Å². The maximum absolute atomic E-state index is 14.5. The summed E-state index contributed by atoms with van der Waals surface area (Å²) in [5, 5.41) is 4.35. The van der Waals surface area contributed by atoms with Crippen LogP contribution in [0, 0.1) is 11.6 Å². The number of aryl methyl sites for hydroxylation is 1. The van der Waals surface area contributed by atoms with Crippen molar-refractivity contribution in [1.29, 1.82) is 0 Å². The largest absolute Gasteiger partial charge is 0.497 e. The number of aromatic nitrogens is 3. The number of pyridine rings is 1. The lowest BCUT2D eigenvalue weighted by Gasteiger charge is -2.10. The third kappa shape index (κ3) is 2.83. The van der Waals surface area contributed by atoms with Gasteiger partial charge in [-0.05, 0) is 12.1 Å². The molecule has 1 aromatic carbocycles. The Kier molecular flexibility index (Phi) is 4.43. The van der Waals surface area contributed by atoms with Crippen LogP contribution in [0.2, 0.25) is 10.3 Å². The molecule has 0 amide bonds. The predicted octanol–water partition coefficient (Wildman–Crippen LogP) is 4.74. The van der Waals surface area contributed by atoms with E-state index in [1.807, 2.05) is 0 Å². The Hall–Kier alpha value is -2.18. The fourth-order valence-electron chi connectivity index (χ4n) is 2.47. The molecular weight excluding hydrogens is 359 g/mol. The summed E-state index contributed by atoms with van der Waals surface area (Å²) < 4.78 is 35.3. The van der Waals surface area contributed by atoms with Gasteiger partial charge in [-0.15, -0.1) is 0 Å². The lowest BCUT2D eigenvalue weighted by atomic mass is 10.0. The summed E-state index contributed by atoms with van der Waals surface area (Å²) in [6.45, 7) is 0. The first-order chi connectivity index (χ1) is 11.4. The molecule has 3 aromatic rings. The average Bonchev–Trinajstić information content (AvgIpc) is 2.82. The molecule has 0 unspecified atom stereocenters. The number of methoxy groups -OCH3 is 1. The smallest absolute Gasteiger partial charge is 0.159 e. The zero-order valence-electron chi connectivity index (χ0n) is 12.6. The minimum absolute atomic E-state index is 0.0228. The monoisotopic (exact) mass is 369 g/mol. The van der Waals surface area contributed by atoms with E-state index < -0.39 is 11.6 Å². The van der Waals surface area contributed by atoms with Gasteiger partial charge in [0.25, 0.3) is 0 Å². The number of nitrogens with zero attached hydrogens (tertiary/aromatic N) is 3. The van der Waals surface area contributed by atoms with Gasteiger partial charge in [0.15, 0.2) is 5.15 Å². The first kappa shape index (κ1) is 16.7. The highest BCUT2D eigenvalue weighted by atomic mass is 35.5. The fourth-order valence-corrected chi connectivity index (χ4v) is 2.88. The van der Waals surface area contributed by atoms with Crippen molar-refractivity contribution in [2.75, 3.05) is 7.11 Å². The molecule has 0 fully saturated rings. The van der Waals surface area contributed by atoms with Crippen LogP contribution < -0.4 is 4.74 Å².